The average Bonchev–Trinajstić information content (AvgIpc) is 3.12. The van der Waals surface area contributed by atoms with Gasteiger partial charge in [0.1, 0.15) is 11.5 Å². The van der Waals surface area contributed by atoms with Gasteiger partial charge in [0.2, 0.25) is 10.0 Å². The van der Waals surface area contributed by atoms with Crippen LogP contribution in [0.2, 0.25) is 5.02 Å². The van der Waals surface area contributed by atoms with Crippen molar-refractivity contribution >= 4 is 39.7 Å². The van der Waals surface area contributed by atoms with E-state index in [1.807, 2.05) is 5.43 Å². The molecule has 11 heteroatoms. The number of furan rings is 1. The lowest BCUT2D eigenvalue weighted by Gasteiger charge is -2.05. The Hall–Kier alpha value is -2.95. The summed E-state index contributed by atoms with van der Waals surface area (Å²) in [6.07, 6.45) is 2.61. The minimum atomic E-state index is -3.72. The maximum atomic E-state index is 12.2. The highest BCUT2D eigenvalue weighted by molar-refractivity contribution is 7.89. The Morgan fingerprint density at radius 3 is 2.54 bits per heavy atom. The van der Waals surface area contributed by atoms with Crippen molar-refractivity contribution in [2.45, 2.75) is 11.4 Å². The van der Waals surface area contributed by atoms with Crippen LogP contribution in [-0.4, -0.2) is 33.0 Å². The number of sulfonamides is 1. The van der Waals surface area contributed by atoms with Crippen LogP contribution in [0.4, 0.5) is 0 Å². The van der Waals surface area contributed by atoms with Crippen LogP contribution in [0.25, 0.3) is 0 Å². The lowest BCUT2D eigenvalue weighted by atomic mass is 10.4. The molecule has 2 rings (SSSR count). The lowest BCUT2D eigenvalue weighted by molar-refractivity contribution is -0.139. The summed E-state index contributed by atoms with van der Waals surface area (Å²) in [5, 5.41) is 6.32. The highest BCUT2D eigenvalue weighted by atomic mass is 35.5. The van der Waals surface area contributed by atoms with Crippen LogP contribution < -0.4 is 15.5 Å². The summed E-state index contributed by atoms with van der Waals surface area (Å²) in [7, 11) is -3.72. The average molecular weight is 425 g/mol. The first kappa shape index (κ1) is 21.4. The highest BCUT2D eigenvalue weighted by Crippen LogP contribution is 2.14. The van der Waals surface area contributed by atoms with Gasteiger partial charge in [-0.3, -0.25) is 9.59 Å². The summed E-state index contributed by atoms with van der Waals surface area (Å²) in [6.45, 7) is 3.48. The molecule has 2 aromatic rings. The SMILES string of the molecule is C=CCNC(=O)C(=O)N/N=C/c1ccc(CNS(=O)(=O)c2ccc(Cl)cc2)o1. The Balaban J connectivity index is 1.88. The van der Waals surface area contributed by atoms with E-state index >= 15 is 0 Å². The first-order valence-corrected chi connectivity index (χ1v) is 9.74. The van der Waals surface area contributed by atoms with E-state index in [1.165, 1.54) is 42.6 Å². The predicted octanol–water partition coefficient (Wildman–Crippen LogP) is 1.16. The van der Waals surface area contributed by atoms with Gasteiger partial charge in [0.15, 0.2) is 0 Å². The van der Waals surface area contributed by atoms with Gasteiger partial charge in [-0.25, -0.2) is 18.6 Å². The summed E-state index contributed by atoms with van der Waals surface area (Å²) in [5.74, 6) is -1.21. The van der Waals surface area contributed by atoms with Crippen molar-refractivity contribution in [2.75, 3.05) is 6.54 Å². The van der Waals surface area contributed by atoms with Gasteiger partial charge in [-0.05, 0) is 36.4 Å². The molecule has 0 unspecified atom stereocenters. The van der Waals surface area contributed by atoms with E-state index in [-0.39, 0.29) is 23.7 Å². The highest BCUT2D eigenvalue weighted by Gasteiger charge is 2.14. The summed E-state index contributed by atoms with van der Waals surface area (Å²) in [5.41, 5.74) is 2.03. The number of halogens is 1. The quantitative estimate of drug-likeness (QED) is 0.253. The van der Waals surface area contributed by atoms with Crippen LogP contribution in [0.5, 0.6) is 0 Å². The van der Waals surface area contributed by atoms with Gasteiger partial charge in [-0.15, -0.1) is 6.58 Å². The van der Waals surface area contributed by atoms with E-state index in [2.05, 4.69) is 21.7 Å². The molecule has 0 aliphatic heterocycles. The van der Waals surface area contributed by atoms with Gasteiger partial charge in [0, 0.05) is 11.6 Å². The van der Waals surface area contributed by atoms with Crippen LogP contribution in [0.15, 0.2) is 63.5 Å². The number of carbonyl (C=O) groups excluding carboxylic acids is 2. The molecule has 0 radical (unpaired) electrons. The largest absolute Gasteiger partial charge is 0.459 e. The molecule has 0 spiro atoms. The van der Waals surface area contributed by atoms with Crippen molar-refractivity contribution in [1.82, 2.24) is 15.5 Å². The number of rotatable bonds is 8. The molecule has 28 heavy (non-hydrogen) atoms. The van der Waals surface area contributed by atoms with Crippen molar-refractivity contribution in [2.24, 2.45) is 5.10 Å². The van der Waals surface area contributed by atoms with Crippen molar-refractivity contribution in [3.05, 3.63) is 65.6 Å². The Kier molecular flexibility index (Phi) is 7.50. The van der Waals surface area contributed by atoms with Crippen molar-refractivity contribution in [1.29, 1.82) is 0 Å². The summed E-state index contributed by atoms with van der Waals surface area (Å²) in [6, 6.07) is 8.80. The number of hydrogen-bond donors (Lipinski definition) is 3. The summed E-state index contributed by atoms with van der Waals surface area (Å²) >= 11 is 5.74. The van der Waals surface area contributed by atoms with Gasteiger partial charge in [-0.2, -0.15) is 5.10 Å². The molecular formula is C17H17ClN4O5S. The first-order valence-electron chi connectivity index (χ1n) is 7.88. The monoisotopic (exact) mass is 424 g/mol. The van der Waals surface area contributed by atoms with Gasteiger partial charge in [0.25, 0.3) is 0 Å². The lowest BCUT2D eigenvalue weighted by Crippen LogP contribution is -2.37. The number of nitrogens with zero attached hydrogens (tertiary/aromatic N) is 1. The Bertz CT molecular complexity index is 983. The molecule has 0 saturated carbocycles. The summed E-state index contributed by atoms with van der Waals surface area (Å²) in [4.78, 5) is 22.8. The standard InChI is InChI=1S/C17H17ClN4O5S/c1-2-9-19-16(23)17(24)22-20-10-13-5-6-14(27-13)11-21-28(25,26)15-7-3-12(18)4-8-15/h2-8,10,21H,1,9,11H2,(H,19,23)(H,22,24)/b20-10+. The maximum absolute atomic E-state index is 12.2. The van der Waals surface area contributed by atoms with E-state index < -0.39 is 21.8 Å². The molecule has 0 fully saturated rings. The zero-order chi connectivity index (χ0) is 20.6. The second-order valence-corrected chi connectivity index (χ2v) is 7.48. The third-order valence-electron chi connectivity index (χ3n) is 3.21. The van der Waals surface area contributed by atoms with Crippen molar-refractivity contribution in [3.8, 4) is 0 Å². The van der Waals surface area contributed by atoms with Gasteiger partial charge in [0.05, 0.1) is 17.7 Å². The Morgan fingerprint density at radius 1 is 1.14 bits per heavy atom. The third-order valence-corrected chi connectivity index (χ3v) is 4.88. The number of hydrogen-bond acceptors (Lipinski definition) is 6. The van der Waals surface area contributed by atoms with Crippen LogP contribution >= 0.6 is 11.6 Å². The minimum absolute atomic E-state index is 0.0719. The van der Waals surface area contributed by atoms with Gasteiger partial charge in [-0.1, -0.05) is 17.7 Å². The fourth-order valence-corrected chi connectivity index (χ4v) is 2.99. The van der Waals surface area contributed by atoms with E-state index in [0.717, 1.165) is 0 Å². The van der Waals surface area contributed by atoms with Gasteiger partial charge >= 0.3 is 11.8 Å². The van der Waals surface area contributed by atoms with Gasteiger partial charge < -0.3 is 9.73 Å². The third kappa shape index (κ3) is 6.34. The van der Waals surface area contributed by atoms with Crippen molar-refractivity contribution in [3.63, 3.8) is 0 Å². The number of amides is 2. The molecule has 0 bridgehead atoms. The molecule has 148 valence electrons. The topological polar surface area (TPSA) is 130 Å². The second kappa shape index (κ2) is 9.83. The van der Waals surface area contributed by atoms with Crippen LogP contribution in [0.1, 0.15) is 11.5 Å². The fourth-order valence-electron chi connectivity index (χ4n) is 1.87. The normalized spacial score (nSPS) is 11.3. The van der Waals surface area contributed by atoms with E-state index in [1.54, 1.807) is 6.07 Å². The van der Waals surface area contributed by atoms with Crippen molar-refractivity contribution < 1.29 is 22.4 Å². The first-order chi connectivity index (χ1) is 13.3. The molecule has 0 atom stereocenters. The minimum Gasteiger partial charge on any atom is -0.459 e. The van der Waals surface area contributed by atoms with E-state index in [0.29, 0.717) is 10.8 Å². The molecule has 2 amide bonds. The van der Waals surface area contributed by atoms with E-state index in [9.17, 15) is 18.0 Å². The maximum Gasteiger partial charge on any atom is 0.329 e. The molecule has 0 saturated heterocycles. The molecule has 1 heterocycles. The molecule has 1 aromatic carbocycles. The zero-order valence-electron chi connectivity index (χ0n) is 14.5. The fraction of sp³-hybridized carbons (Fsp3) is 0.118. The molecule has 1 aromatic heterocycles. The molecule has 0 aliphatic rings. The number of nitrogens with one attached hydrogen (secondary N) is 3. The predicted molar refractivity (Wildman–Crippen MR) is 103 cm³/mol. The molecule has 3 N–H and O–H groups in total. The van der Waals surface area contributed by atoms with Crippen LogP contribution in [-0.2, 0) is 26.2 Å². The summed E-state index contributed by atoms with van der Waals surface area (Å²) < 4.78 is 32.2. The number of benzene rings is 1. The zero-order valence-corrected chi connectivity index (χ0v) is 16.1. The number of carbonyl (C=O) groups is 2. The molecular weight excluding hydrogens is 408 g/mol. The Morgan fingerprint density at radius 2 is 1.86 bits per heavy atom. The Labute approximate surface area is 166 Å². The van der Waals surface area contributed by atoms with Crippen LogP contribution in [0, 0.1) is 0 Å². The molecule has 0 aliphatic carbocycles. The van der Waals surface area contributed by atoms with Crippen LogP contribution in [0.3, 0.4) is 0 Å². The molecule has 9 nitrogen and oxygen atoms in total. The smallest absolute Gasteiger partial charge is 0.329 e. The number of hydrazone groups is 1. The van der Waals surface area contributed by atoms with E-state index in [4.69, 9.17) is 16.0 Å². The second-order valence-electron chi connectivity index (χ2n) is 5.28.